The highest BCUT2D eigenvalue weighted by atomic mass is 19.1. The number of hydrogen-bond acceptors (Lipinski definition) is 4. The second kappa shape index (κ2) is 7.15. The zero-order chi connectivity index (χ0) is 18.8. The van der Waals surface area contributed by atoms with Crippen LogP contribution < -0.4 is 4.74 Å². The number of pyridine rings is 3. The summed E-state index contributed by atoms with van der Waals surface area (Å²) in [5.41, 5.74) is 5.08. The molecule has 0 spiro atoms. The van der Waals surface area contributed by atoms with Crippen molar-refractivity contribution in [3.8, 4) is 5.88 Å². The number of aromatic amines is 1. The van der Waals surface area contributed by atoms with Crippen molar-refractivity contribution in [1.29, 1.82) is 0 Å². The summed E-state index contributed by atoms with van der Waals surface area (Å²) < 4.78 is 19.6. The fraction of sp³-hybridized carbons (Fsp3) is 0.190. The van der Waals surface area contributed by atoms with Gasteiger partial charge < -0.3 is 9.72 Å². The average Bonchev–Trinajstić information content (AvgIpc) is 3.06. The van der Waals surface area contributed by atoms with Gasteiger partial charge in [-0.1, -0.05) is 12.1 Å². The van der Waals surface area contributed by atoms with Crippen LogP contribution in [0.3, 0.4) is 0 Å². The van der Waals surface area contributed by atoms with Crippen LogP contribution in [-0.4, -0.2) is 27.0 Å². The minimum absolute atomic E-state index is 0.441. The Kier molecular flexibility index (Phi) is 4.54. The molecule has 6 heteroatoms. The van der Waals surface area contributed by atoms with Crippen molar-refractivity contribution >= 4 is 11.0 Å². The fourth-order valence-electron chi connectivity index (χ4n) is 3.09. The van der Waals surface area contributed by atoms with Crippen LogP contribution in [0.4, 0.5) is 4.39 Å². The van der Waals surface area contributed by atoms with E-state index in [0.29, 0.717) is 30.0 Å². The van der Waals surface area contributed by atoms with Gasteiger partial charge in [-0.3, -0.25) is 0 Å². The molecular weight excluding hydrogens is 343 g/mol. The third-order valence-corrected chi connectivity index (χ3v) is 4.51. The molecule has 0 unspecified atom stereocenters. The van der Waals surface area contributed by atoms with Gasteiger partial charge in [0.1, 0.15) is 5.65 Å². The molecule has 4 rings (SSSR count). The Morgan fingerprint density at radius 3 is 2.67 bits per heavy atom. The molecule has 0 bridgehead atoms. The monoisotopic (exact) mass is 362 g/mol. The molecule has 136 valence electrons. The van der Waals surface area contributed by atoms with Gasteiger partial charge in [0.25, 0.3) is 0 Å². The Bertz CT molecular complexity index is 1090. The lowest BCUT2D eigenvalue weighted by Crippen LogP contribution is -2.01. The highest BCUT2D eigenvalue weighted by Gasteiger charge is 2.11. The van der Waals surface area contributed by atoms with E-state index in [-0.39, 0.29) is 0 Å². The van der Waals surface area contributed by atoms with Crippen LogP contribution >= 0.6 is 0 Å². The number of nitrogens with one attached hydrogen (secondary N) is 1. The summed E-state index contributed by atoms with van der Waals surface area (Å²) in [6.07, 6.45) is 6.40. The molecule has 0 fully saturated rings. The van der Waals surface area contributed by atoms with Crippen molar-refractivity contribution in [2.24, 2.45) is 0 Å². The number of hydrogen-bond donors (Lipinski definition) is 1. The first-order chi connectivity index (χ1) is 13.1. The van der Waals surface area contributed by atoms with Crippen LogP contribution in [0.25, 0.3) is 11.0 Å². The van der Waals surface area contributed by atoms with Gasteiger partial charge in [0.05, 0.1) is 7.11 Å². The van der Waals surface area contributed by atoms with Crippen LogP contribution in [-0.2, 0) is 12.8 Å². The molecule has 0 aliphatic rings. The zero-order valence-corrected chi connectivity index (χ0v) is 15.2. The lowest BCUT2D eigenvalue weighted by molar-refractivity contribution is 0.397. The van der Waals surface area contributed by atoms with E-state index in [4.69, 9.17) is 4.74 Å². The number of aromatic nitrogens is 4. The van der Waals surface area contributed by atoms with Crippen molar-refractivity contribution < 1.29 is 9.13 Å². The SMILES string of the molecule is COc1ccc(Cc2ccc(Cc3c[nH]c4ncc(C)cc34)c(F)n2)cn1. The van der Waals surface area contributed by atoms with Gasteiger partial charge in [0, 0.05) is 54.1 Å². The van der Waals surface area contributed by atoms with E-state index in [9.17, 15) is 4.39 Å². The van der Waals surface area contributed by atoms with Crippen molar-refractivity contribution in [2.45, 2.75) is 19.8 Å². The number of rotatable bonds is 5. The van der Waals surface area contributed by atoms with E-state index in [1.165, 1.54) is 0 Å². The van der Waals surface area contributed by atoms with Gasteiger partial charge in [-0.2, -0.15) is 4.39 Å². The molecule has 0 aliphatic carbocycles. The molecule has 0 saturated heterocycles. The van der Waals surface area contributed by atoms with E-state index in [1.54, 1.807) is 25.4 Å². The lowest BCUT2D eigenvalue weighted by Gasteiger charge is -2.06. The molecule has 0 atom stereocenters. The lowest BCUT2D eigenvalue weighted by atomic mass is 10.0. The third kappa shape index (κ3) is 3.65. The van der Waals surface area contributed by atoms with E-state index < -0.39 is 5.95 Å². The van der Waals surface area contributed by atoms with Gasteiger partial charge >= 0.3 is 0 Å². The number of aryl methyl sites for hydroxylation is 1. The molecule has 0 saturated carbocycles. The molecule has 4 aromatic rings. The van der Waals surface area contributed by atoms with Gasteiger partial charge in [0.15, 0.2) is 0 Å². The van der Waals surface area contributed by atoms with E-state index in [0.717, 1.165) is 27.7 Å². The Balaban J connectivity index is 1.55. The first-order valence-corrected chi connectivity index (χ1v) is 8.68. The number of fused-ring (bicyclic) bond motifs is 1. The van der Waals surface area contributed by atoms with Crippen LogP contribution in [0, 0.1) is 12.9 Å². The first-order valence-electron chi connectivity index (χ1n) is 8.68. The molecule has 4 heterocycles. The van der Waals surface area contributed by atoms with Crippen molar-refractivity contribution in [3.63, 3.8) is 0 Å². The summed E-state index contributed by atoms with van der Waals surface area (Å²) in [7, 11) is 1.57. The Morgan fingerprint density at radius 2 is 1.93 bits per heavy atom. The maximum absolute atomic E-state index is 14.6. The molecule has 27 heavy (non-hydrogen) atoms. The number of ether oxygens (including phenoxy) is 1. The Hall–Kier alpha value is -3.28. The summed E-state index contributed by atoms with van der Waals surface area (Å²) >= 11 is 0. The van der Waals surface area contributed by atoms with Crippen LogP contribution in [0.15, 0.2) is 48.9 Å². The Morgan fingerprint density at radius 1 is 1.04 bits per heavy atom. The standard InChI is InChI=1S/C21H19FN4O/c1-13-7-18-16(12-25-21(18)24-10-13)9-15-4-5-17(26-20(15)22)8-14-3-6-19(27-2)23-11-14/h3-7,10-12H,8-9H2,1-2H3,(H,24,25). The number of halogens is 1. The molecular formula is C21H19FN4O. The second-order valence-corrected chi connectivity index (χ2v) is 6.54. The van der Waals surface area contributed by atoms with E-state index >= 15 is 0 Å². The zero-order valence-electron chi connectivity index (χ0n) is 15.2. The largest absolute Gasteiger partial charge is 0.481 e. The van der Waals surface area contributed by atoms with E-state index in [1.807, 2.05) is 31.5 Å². The van der Waals surface area contributed by atoms with Gasteiger partial charge in [-0.15, -0.1) is 0 Å². The molecule has 0 amide bonds. The van der Waals surface area contributed by atoms with Crippen molar-refractivity contribution in [3.05, 3.63) is 82.8 Å². The number of H-pyrrole nitrogens is 1. The molecule has 0 aliphatic heterocycles. The summed E-state index contributed by atoms with van der Waals surface area (Å²) in [6, 6.07) is 9.41. The second-order valence-electron chi connectivity index (χ2n) is 6.54. The molecule has 5 nitrogen and oxygen atoms in total. The minimum atomic E-state index is -0.441. The highest BCUT2D eigenvalue weighted by molar-refractivity contribution is 5.80. The van der Waals surface area contributed by atoms with Crippen LogP contribution in [0.2, 0.25) is 0 Å². The van der Waals surface area contributed by atoms with Crippen LogP contribution in [0.5, 0.6) is 5.88 Å². The maximum Gasteiger partial charge on any atom is 0.216 e. The number of nitrogens with zero attached hydrogens (tertiary/aromatic N) is 3. The normalized spacial score (nSPS) is 11.1. The van der Waals surface area contributed by atoms with Gasteiger partial charge in [0.2, 0.25) is 11.8 Å². The van der Waals surface area contributed by atoms with E-state index in [2.05, 4.69) is 26.0 Å². The summed E-state index contributed by atoms with van der Waals surface area (Å²) in [5, 5.41) is 1.02. The topological polar surface area (TPSA) is 63.7 Å². The molecule has 1 N–H and O–H groups in total. The Labute approximate surface area is 156 Å². The van der Waals surface area contributed by atoms with Gasteiger partial charge in [-0.05, 0) is 35.7 Å². The summed E-state index contributed by atoms with van der Waals surface area (Å²) in [5.74, 6) is 0.112. The molecule has 0 aromatic carbocycles. The fourth-order valence-corrected chi connectivity index (χ4v) is 3.09. The quantitative estimate of drug-likeness (QED) is 0.545. The van der Waals surface area contributed by atoms with Crippen molar-refractivity contribution in [2.75, 3.05) is 7.11 Å². The predicted molar refractivity (Wildman–Crippen MR) is 101 cm³/mol. The summed E-state index contributed by atoms with van der Waals surface area (Å²) in [6.45, 7) is 1.99. The number of methoxy groups -OCH3 is 1. The third-order valence-electron chi connectivity index (χ3n) is 4.51. The highest BCUT2D eigenvalue weighted by Crippen LogP contribution is 2.22. The molecule has 0 radical (unpaired) electrons. The molecule has 4 aromatic heterocycles. The first kappa shape index (κ1) is 17.1. The maximum atomic E-state index is 14.6. The summed E-state index contributed by atoms with van der Waals surface area (Å²) in [4.78, 5) is 15.8. The average molecular weight is 362 g/mol. The predicted octanol–water partition coefficient (Wildman–Crippen LogP) is 3.99. The minimum Gasteiger partial charge on any atom is -0.481 e. The van der Waals surface area contributed by atoms with Crippen LogP contribution in [0.1, 0.15) is 27.9 Å². The van der Waals surface area contributed by atoms with Gasteiger partial charge in [-0.25, -0.2) is 15.0 Å². The van der Waals surface area contributed by atoms with Crippen molar-refractivity contribution in [1.82, 2.24) is 19.9 Å². The smallest absolute Gasteiger partial charge is 0.216 e.